The fraction of sp³-hybridized carbons (Fsp3) is 0.364. The average molecular weight is 418 g/mol. The standard InChI is InChI=1S/C22H25ClN2O4/c1-3-28-19-10-5-15(13-20(19)29-4-2)11-12-24-18-14-21(26)25(22(18)27)17-8-6-16(23)7-9-17/h5-10,13,18,24H,3-4,11-12,14H2,1-2H3/p+1. The summed E-state index contributed by atoms with van der Waals surface area (Å²) in [5.41, 5.74) is 1.66. The molecule has 2 amide bonds. The largest absolute Gasteiger partial charge is 0.490 e. The Bertz CT molecular complexity index is 870. The normalized spacial score (nSPS) is 16.4. The predicted molar refractivity (Wildman–Crippen MR) is 112 cm³/mol. The highest BCUT2D eigenvalue weighted by Crippen LogP contribution is 2.28. The third-order valence-corrected chi connectivity index (χ3v) is 5.01. The number of anilines is 1. The molecule has 0 bridgehead atoms. The number of nitrogens with two attached hydrogens (primary N) is 1. The van der Waals surface area contributed by atoms with Gasteiger partial charge in [-0.05, 0) is 55.8 Å². The van der Waals surface area contributed by atoms with E-state index in [-0.39, 0.29) is 18.2 Å². The molecule has 1 unspecified atom stereocenters. The van der Waals surface area contributed by atoms with Gasteiger partial charge in [-0.25, -0.2) is 4.90 Å². The number of ether oxygens (including phenoxy) is 2. The zero-order valence-electron chi connectivity index (χ0n) is 16.7. The Morgan fingerprint density at radius 3 is 2.41 bits per heavy atom. The maximum Gasteiger partial charge on any atom is 0.292 e. The number of amides is 2. The first-order valence-corrected chi connectivity index (χ1v) is 10.3. The van der Waals surface area contributed by atoms with Crippen LogP contribution < -0.4 is 19.7 Å². The molecule has 0 radical (unpaired) electrons. The van der Waals surface area contributed by atoms with E-state index in [0.29, 0.717) is 30.5 Å². The number of carbonyl (C=O) groups excluding carboxylic acids is 2. The van der Waals surface area contributed by atoms with Gasteiger partial charge in [0, 0.05) is 11.4 Å². The van der Waals surface area contributed by atoms with Crippen molar-refractivity contribution in [1.82, 2.24) is 0 Å². The summed E-state index contributed by atoms with van der Waals surface area (Å²) in [5, 5.41) is 2.50. The summed E-state index contributed by atoms with van der Waals surface area (Å²) in [5.74, 6) is 1.10. The highest BCUT2D eigenvalue weighted by Gasteiger charge is 2.42. The van der Waals surface area contributed by atoms with Crippen molar-refractivity contribution in [1.29, 1.82) is 0 Å². The van der Waals surface area contributed by atoms with Crippen LogP contribution in [-0.2, 0) is 16.0 Å². The second-order valence-electron chi connectivity index (χ2n) is 6.78. The second-order valence-corrected chi connectivity index (χ2v) is 7.21. The molecule has 29 heavy (non-hydrogen) atoms. The van der Waals surface area contributed by atoms with E-state index >= 15 is 0 Å². The van der Waals surface area contributed by atoms with Gasteiger partial charge in [-0.2, -0.15) is 0 Å². The topological polar surface area (TPSA) is 72.5 Å². The van der Waals surface area contributed by atoms with Crippen molar-refractivity contribution in [2.75, 3.05) is 24.7 Å². The molecule has 2 aromatic carbocycles. The van der Waals surface area contributed by atoms with Crippen LogP contribution in [0, 0.1) is 0 Å². The molecule has 1 atom stereocenters. The highest BCUT2D eigenvalue weighted by atomic mass is 35.5. The van der Waals surface area contributed by atoms with Gasteiger partial charge in [0.15, 0.2) is 17.5 Å². The third-order valence-electron chi connectivity index (χ3n) is 4.76. The first-order chi connectivity index (χ1) is 14.0. The number of halogens is 1. The summed E-state index contributed by atoms with van der Waals surface area (Å²) in [6, 6.07) is 12.2. The van der Waals surface area contributed by atoms with Crippen LogP contribution >= 0.6 is 11.6 Å². The second kappa shape index (κ2) is 9.76. The van der Waals surface area contributed by atoms with Gasteiger partial charge in [0.25, 0.3) is 5.91 Å². The molecule has 0 aliphatic carbocycles. The summed E-state index contributed by atoms with van der Waals surface area (Å²) in [4.78, 5) is 26.3. The van der Waals surface area contributed by atoms with Crippen LogP contribution in [-0.4, -0.2) is 37.6 Å². The molecular formula is C22H26ClN2O4+. The Balaban J connectivity index is 1.59. The molecule has 154 valence electrons. The van der Waals surface area contributed by atoms with Crippen LogP contribution in [0.3, 0.4) is 0 Å². The van der Waals surface area contributed by atoms with E-state index in [1.165, 1.54) is 4.90 Å². The number of nitrogens with zero attached hydrogens (tertiary/aromatic N) is 1. The molecule has 3 rings (SSSR count). The van der Waals surface area contributed by atoms with Crippen LogP contribution in [0.25, 0.3) is 0 Å². The first-order valence-electron chi connectivity index (χ1n) is 9.87. The zero-order valence-corrected chi connectivity index (χ0v) is 17.4. The Kier molecular flexibility index (Phi) is 7.12. The fourth-order valence-corrected chi connectivity index (χ4v) is 3.53. The van der Waals surface area contributed by atoms with Gasteiger partial charge in [-0.15, -0.1) is 0 Å². The van der Waals surface area contributed by atoms with Crippen molar-refractivity contribution >= 4 is 29.1 Å². The number of rotatable bonds is 9. The van der Waals surface area contributed by atoms with E-state index in [1.807, 2.05) is 37.4 Å². The number of carbonyl (C=O) groups is 2. The van der Waals surface area contributed by atoms with Gasteiger partial charge in [0.2, 0.25) is 5.91 Å². The number of hydrogen-bond donors (Lipinski definition) is 1. The molecule has 0 spiro atoms. The van der Waals surface area contributed by atoms with Crippen LogP contribution in [0.15, 0.2) is 42.5 Å². The lowest BCUT2D eigenvalue weighted by molar-refractivity contribution is -0.674. The van der Waals surface area contributed by atoms with Crippen molar-refractivity contribution < 1.29 is 24.4 Å². The van der Waals surface area contributed by atoms with E-state index in [4.69, 9.17) is 21.1 Å². The molecule has 1 aliphatic heterocycles. The maximum atomic E-state index is 12.7. The summed E-state index contributed by atoms with van der Waals surface area (Å²) in [6.45, 7) is 5.71. The van der Waals surface area contributed by atoms with Crippen LogP contribution in [0.5, 0.6) is 11.5 Å². The SMILES string of the molecule is CCOc1ccc(CC[NH2+]C2CC(=O)N(c3ccc(Cl)cc3)C2=O)cc1OCC. The van der Waals surface area contributed by atoms with Crippen molar-refractivity contribution in [3.05, 3.63) is 53.1 Å². The fourth-order valence-electron chi connectivity index (χ4n) is 3.40. The van der Waals surface area contributed by atoms with Crippen LogP contribution in [0.4, 0.5) is 5.69 Å². The molecule has 1 heterocycles. The minimum Gasteiger partial charge on any atom is -0.490 e. The van der Waals surface area contributed by atoms with Gasteiger partial charge in [-0.3, -0.25) is 9.59 Å². The molecule has 0 saturated carbocycles. The van der Waals surface area contributed by atoms with Gasteiger partial charge in [0.1, 0.15) is 0 Å². The minimum absolute atomic E-state index is 0.181. The summed E-state index contributed by atoms with van der Waals surface area (Å²) < 4.78 is 11.3. The Morgan fingerprint density at radius 2 is 1.72 bits per heavy atom. The van der Waals surface area contributed by atoms with Gasteiger partial charge < -0.3 is 14.8 Å². The van der Waals surface area contributed by atoms with E-state index < -0.39 is 6.04 Å². The van der Waals surface area contributed by atoms with Crippen LogP contribution in [0.1, 0.15) is 25.8 Å². The molecule has 2 N–H and O–H groups in total. The van der Waals surface area contributed by atoms with Crippen molar-refractivity contribution in [2.45, 2.75) is 32.7 Å². The van der Waals surface area contributed by atoms with Gasteiger partial charge >= 0.3 is 0 Å². The molecular weight excluding hydrogens is 392 g/mol. The quantitative estimate of drug-likeness (QED) is 0.636. The first kappa shape index (κ1) is 21.1. The number of benzene rings is 2. The Morgan fingerprint density at radius 1 is 1.03 bits per heavy atom. The van der Waals surface area contributed by atoms with E-state index in [1.54, 1.807) is 24.3 Å². The molecule has 1 fully saturated rings. The predicted octanol–water partition coefficient (Wildman–Crippen LogP) is 2.58. The van der Waals surface area contributed by atoms with Gasteiger partial charge in [-0.1, -0.05) is 17.7 Å². The Hall–Kier alpha value is -2.57. The Labute approximate surface area is 175 Å². The molecule has 1 aliphatic rings. The maximum absolute atomic E-state index is 12.7. The lowest BCUT2D eigenvalue weighted by Gasteiger charge is -2.14. The third kappa shape index (κ3) is 5.08. The minimum atomic E-state index is -0.396. The number of hydrogen-bond acceptors (Lipinski definition) is 4. The summed E-state index contributed by atoms with van der Waals surface area (Å²) in [6.07, 6.45) is 0.959. The molecule has 1 saturated heterocycles. The van der Waals surface area contributed by atoms with Crippen molar-refractivity contribution in [3.8, 4) is 11.5 Å². The van der Waals surface area contributed by atoms with Crippen molar-refractivity contribution in [2.24, 2.45) is 0 Å². The lowest BCUT2D eigenvalue weighted by atomic mass is 10.1. The molecule has 2 aromatic rings. The molecule has 7 heteroatoms. The smallest absolute Gasteiger partial charge is 0.292 e. The number of quaternary nitrogens is 1. The average Bonchev–Trinajstić information content (AvgIpc) is 2.98. The monoisotopic (exact) mass is 417 g/mol. The summed E-state index contributed by atoms with van der Waals surface area (Å²) in [7, 11) is 0. The lowest BCUT2D eigenvalue weighted by Crippen LogP contribution is -2.92. The zero-order chi connectivity index (χ0) is 20.8. The van der Waals surface area contributed by atoms with Crippen molar-refractivity contribution in [3.63, 3.8) is 0 Å². The van der Waals surface area contributed by atoms with E-state index in [9.17, 15) is 9.59 Å². The molecule has 6 nitrogen and oxygen atoms in total. The summed E-state index contributed by atoms with van der Waals surface area (Å²) >= 11 is 5.89. The van der Waals surface area contributed by atoms with E-state index in [2.05, 4.69) is 0 Å². The van der Waals surface area contributed by atoms with Gasteiger partial charge in [0.05, 0.1) is 31.9 Å². The number of imide groups is 1. The van der Waals surface area contributed by atoms with E-state index in [0.717, 1.165) is 23.5 Å². The van der Waals surface area contributed by atoms with Crippen LogP contribution in [0.2, 0.25) is 5.02 Å². The highest BCUT2D eigenvalue weighted by molar-refractivity contribution is 6.30. The molecule has 0 aromatic heterocycles.